The van der Waals surface area contributed by atoms with Crippen LogP contribution in [0.2, 0.25) is 0 Å². The molecule has 138 valence electrons. The summed E-state index contributed by atoms with van der Waals surface area (Å²) < 4.78 is 19.8. The second kappa shape index (κ2) is 6.94. The molecular formula is C17H19ClFN5O2. The maximum Gasteiger partial charge on any atom is 0.247 e. The molecular weight excluding hydrogens is 361 g/mol. The molecule has 0 amide bonds. The van der Waals surface area contributed by atoms with Crippen LogP contribution in [0.1, 0.15) is 17.9 Å². The molecule has 26 heavy (non-hydrogen) atoms. The number of hydrogen-bond acceptors (Lipinski definition) is 7. The van der Waals surface area contributed by atoms with E-state index >= 15 is 0 Å². The number of halogens is 2. The van der Waals surface area contributed by atoms with Crippen molar-refractivity contribution in [2.75, 3.05) is 19.6 Å². The lowest BCUT2D eigenvalue weighted by molar-refractivity contribution is 0.0300. The Morgan fingerprint density at radius 1 is 1.42 bits per heavy atom. The van der Waals surface area contributed by atoms with Crippen LogP contribution in [0.3, 0.4) is 0 Å². The van der Waals surface area contributed by atoms with Gasteiger partial charge in [0, 0.05) is 31.1 Å². The van der Waals surface area contributed by atoms with Crippen LogP contribution in [0.15, 0.2) is 27.8 Å². The Morgan fingerprint density at radius 2 is 2.27 bits per heavy atom. The molecule has 7 nitrogen and oxygen atoms in total. The minimum Gasteiger partial charge on any atom is -0.421 e. The van der Waals surface area contributed by atoms with Gasteiger partial charge < -0.3 is 20.3 Å². The molecule has 4 atom stereocenters. The summed E-state index contributed by atoms with van der Waals surface area (Å²) in [7, 11) is 0. The highest BCUT2D eigenvalue weighted by atomic mass is 35.5. The predicted molar refractivity (Wildman–Crippen MR) is 93.6 cm³/mol. The molecule has 2 bridgehead atoms. The summed E-state index contributed by atoms with van der Waals surface area (Å²) in [5.74, 6) is 1.03. The molecule has 3 aliphatic heterocycles. The summed E-state index contributed by atoms with van der Waals surface area (Å²) >= 11 is 5.64. The van der Waals surface area contributed by atoms with E-state index in [1.54, 1.807) is 6.07 Å². The fourth-order valence-corrected chi connectivity index (χ4v) is 4.20. The lowest BCUT2D eigenvalue weighted by Gasteiger charge is -2.48. The van der Waals surface area contributed by atoms with Crippen molar-refractivity contribution in [3.63, 3.8) is 0 Å². The first-order valence-electron chi connectivity index (χ1n) is 8.53. The number of nitrogens with zero attached hydrogens (tertiary/aromatic N) is 4. The van der Waals surface area contributed by atoms with Gasteiger partial charge in [-0.3, -0.25) is 0 Å². The Bertz CT molecular complexity index is 842. The summed E-state index contributed by atoms with van der Waals surface area (Å²) in [5.41, 5.74) is 6.68. The van der Waals surface area contributed by atoms with Crippen molar-refractivity contribution in [2.24, 2.45) is 22.7 Å². The highest BCUT2D eigenvalue weighted by molar-refractivity contribution is 6.69. The molecule has 1 aromatic heterocycles. The van der Waals surface area contributed by atoms with Crippen molar-refractivity contribution in [1.82, 2.24) is 15.1 Å². The monoisotopic (exact) mass is 379 g/mol. The molecule has 0 spiro atoms. The van der Waals surface area contributed by atoms with Gasteiger partial charge in [-0.1, -0.05) is 16.8 Å². The first-order chi connectivity index (χ1) is 12.5. The van der Waals surface area contributed by atoms with Gasteiger partial charge in [-0.15, -0.1) is 10.2 Å². The van der Waals surface area contributed by atoms with Crippen molar-refractivity contribution in [1.29, 1.82) is 0 Å². The van der Waals surface area contributed by atoms with Crippen LogP contribution >= 0.6 is 11.6 Å². The molecule has 1 aromatic carbocycles. The van der Waals surface area contributed by atoms with Crippen molar-refractivity contribution >= 4 is 16.8 Å². The lowest BCUT2D eigenvalue weighted by atomic mass is 9.75. The van der Waals surface area contributed by atoms with E-state index in [-0.39, 0.29) is 22.7 Å². The summed E-state index contributed by atoms with van der Waals surface area (Å²) in [6.07, 6.45) is 1.78. The van der Waals surface area contributed by atoms with E-state index in [0.29, 0.717) is 29.7 Å². The van der Waals surface area contributed by atoms with Gasteiger partial charge in [0.25, 0.3) is 0 Å². The maximum atomic E-state index is 14.1. The number of rotatable bonds is 4. The molecule has 9 heteroatoms. The van der Waals surface area contributed by atoms with Crippen LogP contribution in [0, 0.1) is 17.7 Å². The second-order valence-corrected chi connectivity index (χ2v) is 7.28. The van der Waals surface area contributed by atoms with E-state index in [1.165, 1.54) is 12.1 Å². The SMILES string of the molecule is N[C@H]1CN2CCC1C(Cc1nnc(-c3ccc(/C(Cl)=N\O)c(F)c3)o1)C2. The molecule has 0 saturated carbocycles. The third kappa shape index (κ3) is 3.20. The van der Waals surface area contributed by atoms with E-state index in [1.807, 2.05) is 0 Å². The van der Waals surface area contributed by atoms with Crippen LogP contribution in [0.25, 0.3) is 11.5 Å². The summed E-state index contributed by atoms with van der Waals surface area (Å²) in [4.78, 5) is 2.38. The Morgan fingerprint density at radius 3 is 2.96 bits per heavy atom. The lowest BCUT2D eigenvalue weighted by Crippen LogP contribution is -2.59. The zero-order valence-electron chi connectivity index (χ0n) is 14.0. The number of oxime groups is 1. The molecule has 3 N–H and O–H groups in total. The quantitative estimate of drug-likeness (QED) is 0.479. The minimum atomic E-state index is -0.631. The Balaban J connectivity index is 1.51. The van der Waals surface area contributed by atoms with Gasteiger partial charge in [-0.05, 0) is 43.0 Å². The first kappa shape index (κ1) is 17.4. The maximum absolute atomic E-state index is 14.1. The van der Waals surface area contributed by atoms with Gasteiger partial charge in [-0.2, -0.15) is 0 Å². The molecule has 2 aromatic rings. The molecule has 3 unspecified atom stereocenters. The Hall–Kier alpha value is -2.03. The first-order valence-corrected chi connectivity index (χ1v) is 8.91. The van der Waals surface area contributed by atoms with Crippen LogP contribution in [-0.2, 0) is 6.42 Å². The van der Waals surface area contributed by atoms with Crippen LogP contribution < -0.4 is 5.73 Å². The number of aromatic nitrogens is 2. The highest BCUT2D eigenvalue weighted by Crippen LogP contribution is 2.34. The van der Waals surface area contributed by atoms with Gasteiger partial charge in [-0.25, -0.2) is 4.39 Å². The molecule has 5 rings (SSSR count). The van der Waals surface area contributed by atoms with Crippen molar-refractivity contribution in [3.8, 4) is 11.5 Å². The van der Waals surface area contributed by atoms with Gasteiger partial charge in [0.15, 0.2) is 5.17 Å². The summed E-state index contributed by atoms with van der Waals surface area (Å²) in [5, 5.41) is 19.3. The molecule has 3 fully saturated rings. The molecule has 3 aliphatic rings. The highest BCUT2D eigenvalue weighted by Gasteiger charge is 2.39. The van der Waals surface area contributed by atoms with Gasteiger partial charge in [0.2, 0.25) is 11.8 Å². The standard InChI is InChI=1S/C17H19ClFN5O2/c18-16(23-25)12-2-1-9(5-13(12)19)17-22-21-15(26-17)6-10-7-24-4-3-11(10)14(20)8-24/h1-2,5,10-11,14,25H,3-4,6-8,20H2/b23-16+/t10?,11?,14-/m0/s1. The Kier molecular flexibility index (Phi) is 4.64. The number of nitrogens with two attached hydrogens (primary N) is 1. The number of fused-ring (bicyclic) bond motifs is 3. The molecule has 0 aliphatic carbocycles. The van der Waals surface area contributed by atoms with Gasteiger partial charge in [0.05, 0.1) is 5.56 Å². The van der Waals surface area contributed by atoms with E-state index in [2.05, 4.69) is 20.3 Å². The van der Waals surface area contributed by atoms with Crippen LogP contribution in [-0.4, -0.2) is 51.2 Å². The number of piperidine rings is 3. The fraction of sp³-hybridized carbons (Fsp3) is 0.471. The number of hydrogen-bond donors (Lipinski definition) is 2. The molecule has 4 heterocycles. The zero-order valence-corrected chi connectivity index (χ0v) is 14.7. The Labute approximate surface area is 154 Å². The largest absolute Gasteiger partial charge is 0.421 e. The van der Waals surface area contributed by atoms with E-state index < -0.39 is 5.82 Å². The summed E-state index contributed by atoms with van der Waals surface area (Å²) in [6, 6.07) is 4.42. The normalized spacial score (nSPS) is 28.5. The topological polar surface area (TPSA) is 101 Å². The second-order valence-electron chi connectivity index (χ2n) is 6.93. The number of benzene rings is 1. The van der Waals surface area contributed by atoms with Gasteiger partial charge in [0.1, 0.15) is 5.82 Å². The van der Waals surface area contributed by atoms with Crippen molar-refractivity contribution < 1.29 is 14.0 Å². The zero-order chi connectivity index (χ0) is 18.3. The molecule has 0 radical (unpaired) electrons. The third-order valence-electron chi connectivity index (χ3n) is 5.33. The van der Waals surface area contributed by atoms with Crippen molar-refractivity contribution in [3.05, 3.63) is 35.5 Å². The fourth-order valence-electron chi connectivity index (χ4n) is 4.05. The van der Waals surface area contributed by atoms with Crippen molar-refractivity contribution in [2.45, 2.75) is 18.9 Å². The van der Waals surface area contributed by atoms with Gasteiger partial charge >= 0.3 is 0 Å². The summed E-state index contributed by atoms with van der Waals surface area (Å²) in [6.45, 7) is 3.06. The molecule has 3 saturated heterocycles. The average molecular weight is 380 g/mol. The minimum absolute atomic E-state index is 0.000997. The average Bonchev–Trinajstić information content (AvgIpc) is 3.09. The van der Waals surface area contributed by atoms with Crippen LogP contribution in [0.4, 0.5) is 4.39 Å². The predicted octanol–water partition coefficient (Wildman–Crippen LogP) is 2.07. The van der Waals surface area contributed by atoms with E-state index in [9.17, 15) is 4.39 Å². The van der Waals surface area contributed by atoms with E-state index in [4.69, 9.17) is 27.0 Å². The van der Waals surface area contributed by atoms with E-state index in [0.717, 1.165) is 26.1 Å². The van der Waals surface area contributed by atoms with Crippen LogP contribution in [0.5, 0.6) is 0 Å². The third-order valence-corrected chi connectivity index (χ3v) is 5.60. The smallest absolute Gasteiger partial charge is 0.247 e.